The van der Waals surface area contributed by atoms with E-state index in [9.17, 15) is 14.4 Å². The lowest BCUT2D eigenvalue weighted by atomic mass is 10.2. The molecule has 1 aromatic heterocycles. The number of aromatic nitrogens is 1. The van der Waals surface area contributed by atoms with E-state index < -0.39 is 5.97 Å². The minimum Gasteiger partial charge on any atom is -0.481 e. The Hall–Kier alpha value is -2.11. The largest absolute Gasteiger partial charge is 0.481 e. The number of carboxylic acid groups (broad SMARTS) is 1. The molecule has 0 unspecified atom stereocenters. The van der Waals surface area contributed by atoms with Gasteiger partial charge in [0.05, 0.1) is 6.42 Å². The van der Waals surface area contributed by atoms with Gasteiger partial charge in [-0.15, -0.1) is 0 Å². The number of carbonyl (C=O) groups is 2. The number of aliphatic carboxylic acids is 1. The molecule has 0 spiro atoms. The van der Waals surface area contributed by atoms with Gasteiger partial charge in [0.25, 0.3) is 5.56 Å². The number of carbonyl (C=O) groups excluding carboxylic acids is 1. The molecule has 104 valence electrons. The summed E-state index contributed by atoms with van der Waals surface area (Å²) in [4.78, 5) is 33.3. The van der Waals surface area contributed by atoms with Crippen LogP contribution in [0.3, 0.4) is 0 Å². The molecular weight excluding hydrogens is 248 g/mol. The van der Waals surface area contributed by atoms with Gasteiger partial charge in [0.2, 0.25) is 5.91 Å². The molecule has 19 heavy (non-hydrogen) atoms. The van der Waals surface area contributed by atoms with E-state index in [1.165, 1.54) is 0 Å². The first kappa shape index (κ1) is 14.9. The summed E-state index contributed by atoms with van der Waals surface area (Å²) in [5, 5.41) is 10.9. The fraction of sp³-hybridized carbons (Fsp3) is 0.462. The van der Waals surface area contributed by atoms with Crippen molar-refractivity contribution in [2.24, 2.45) is 0 Å². The second-order valence-electron chi connectivity index (χ2n) is 4.29. The number of aryl methyl sites for hydroxylation is 2. The van der Waals surface area contributed by atoms with Gasteiger partial charge in [0.15, 0.2) is 0 Å². The molecule has 1 rings (SSSR count). The second-order valence-corrected chi connectivity index (χ2v) is 4.29. The van der Waals surface area contributed by atoms with Gasteiger partial charge in [0.1, 0.15) is 0 Å². The van der Waals surface area contributed by atoms with Gasteiger partial charge in [0, 0.05) is 31.3 Å². The topological polar surface area (TPSA) is 88.4 Å². The zero-order valence-corrected chi connectivity index (χ0v) is 10.9. The summed E-state index contributed by atoms with van der Waals surface area (Å²) in [5.74, 6) is -1.13. The van der Waals surface area contributed by atoms with Crippen molar-refractivity contribution in [3.05, 3.63) is 34.2 Å². The first-order chi connectivity index (χ1) is 9.00. The van der Waals surface area contributed by atoms with E-state index in [2.05, 4.69) is 5.32 Å². The average molecular weight is 266 g/mol. The fourth-order valence-electron chi connectivity index (χ4n) is 1.64. The van der Waals surface area contributed by atoms with E-state index >= 15 is 0 Å². The van der Waals surface area contributed by atoms with Crippen molar-refractivity contribution in [2.45, 2.75) is 32.7 Å². The number of hydrogen-bond acceptors (Lipinski definition) is 3. The van der Waals surface area contributed by atoms with Crippen molar-refractivity contribution < 1.29 is 14.7 Å². The monoisotopic (exact) mass is 266 g/mol. The van der Waals surface area contributed by atoms with Gasteiger partial charge in [-0.1, -0.05) is 6.07 Å². The van der Waals surface area contributed by atoms with Crippen LogP contribution in [0.4, 0.5) is 0 Å². The molecule has 0 saturated carbocycles. The average Bonchev–Trinajstić information content (AvgIpc) is 2.34. The Morgan fingerprint density at radius 1 is 1.37 bits per heavy atom. The van der Waals surface area contributed by atoms with Gasteiger partial charge in [-0.2, -0.15) is 0 Å². The zero-order valence-electron chi connectivity index (χ0n) is 10.9. The molecule has 0 radical (unpaired) electrons. The maximum absolute atomic E-state index is 11.7. The molecule has 0 bridgehead atoms. The van der Waals surface area contributed by atoms with E-state index in [1.807, 2.05) is 0 Å². The summed E-state index contributed by atoms with van der Waals surface area (Å²) >= 11 is 0. The summed E-state index contributed by atoms with van der Waals surface area (Å²) in [6, 6.07) is 3.54. The lowest BCUT2D eigenvalue weighted by molar-refractivity contribution is -0.136. The molecule has 0 aliphatic heterocycles. The fourth-order valence-corrected chi connectivity index (χ4v) is 1.64. The van der Waals surface area contributed by atoms with Crippen molar-refractivity contribution >= 4 is 11.9 Å². The number of nitrogens with zero attached hydrogens (tertiary/aromatic N) is 1. The van der Waals surface area contributed by atoms with E-state index in [0.29, 0.717) is 18.5 Å². The van der Waals surface area contributed by atoms with Crippen LogP contribution in [0.5, 0.6) is 0 Å². The molecule has 1 amide bonds. The lowest BCUT2D eigenvalue weighted by Crippen LogP contribution is -2.27. The second kappa shape index (κ2) is 7.35. The molecule has 0 aliphatic rings. The Balaban J connectivity index is 2.30. The first-order valence-corrected chi connectivity index (χ1v) is 6.15. The van der Waals surface area contributed by atoms with Crippen LogP contribution in [0.1, 0.15) is 24.8 Å². The van der Waals surface area contributed by atoms with Crippen LogP contribution >= 0.6 is 0 Å². The van der Waals surface area contributed by atoms with Gasteiger partial charge in [-0.05, 0) is 19.4 Å². The number of rotatable bonds is 7. The number of nitrogens with one attached hydrogen (secondary N) is 1. The maximum atomic E-state index is 11.7. The summed E-state index contributed by atoms with van der Waals surface area (Å²) in [6.07, 6.45) is 2.43. The molecule has 0 saturated heterocycles. The molecule has 1 heterocycles. The van der Waals surface area contributed by atoms with Crippen LogP contribution in [-0.4, -0.2) is 28.1 Å². The molecule has 0 fully saturated rings. The van der Waals surface area contributed by atoms with Crippen LogP contribution in [0.2, 0.25) is 0 Å². The van der Waals surface area contributed by atoms with Crippen LogP contribution in [0.15, 0.2) is 23.1 Å². The van der Waals surface area contributed by atoms with E-state index in [0.717, 1.165) is 0 Å². The molecular formula is C13H18N2O4. The predicted molar refractivity (Wildman–Crippen MR) is 69.9 cm³/mol. The summed E-state index contributed by atoms with van der Waals surface area (Å²) in [5.41, 5.74) is 0.627. The molecule has 0 atom stereocenters. The van der Waals surface area contributed by atoms with Crippen LogP contribution in [0, 0.1) is 6.92 Å². The van der Waals surface area contributed by atoms with Gasteiger partial charge >= 0.3 is 5.97 Å². The minimum absolute atomic E-state index is 0.0474. The number of carboxylic acids is 1. The van der Waals surface area contributed by atoms with Crippen LogP contribution in [0.25, 0.3) is 0 Å². The minimum atomic E-state index is -0.938. The Labute approximate surface area is 111 Å². The van der Waals surface area contributed by atoms with Crippen molar-refractivity contribution in [2.75, 3.05) is 6.54 Å². The van der Waals surface area contributed by atoms with Gasteiger partial charge < -0.3 is 15.0 Å². The van der Waals surface area contributed by atoms with Crippen molar-refractivity contribution in [3.63, 3.8) is 0 Å². The van der Waals surface area contributed by atoms with Gasteiger partial charge in [-0.25, -0.2) is 0 Å². The quantitative estimate of drug-likeness (QED) is 0.753. The van der Waals surface area contributed by atoms with E-state index in [-0.39, 0.29) is 30.9 Å². The third kappa shape index (κ3) is 5.37. The van der Waals surface area contributed by atoms with Gasteiger partial charge in [-0.3, -0.25) is 14.4 Å². The highest BCUT2D eigenvalue weighted by Gasteiger charge is 2.04. The highest BCUT2D eigenvalue weighted by molar-refractivity contribution is 5.76. The smallest absolute Gasteiger partial charge is 0.305 e. The SMILES string of the molecule is Cc1cccn(CCCC(=O)NCCC(=O)O)c1=O. The Morgan fingerprint density at radius 2 is 2.11 bits per heavy atom. The molecule has 2 N–H and O–H groups in total. The highest BCUT2D eigenvalue weighted by Crippen LogP contribution is 1.95. The standard InChI is InChI=1S/C13H18N2O4/c1-10-4-2-8-15(13(10)19)9-3-5-11(16)14-7-6-12(17)18/h2,4,8H,3,5-7,9H2,1H3,(H,14,16)(H,17,18). The van der Waals surface area contributed by atoms with Crippen molar-refractivity contribution in [3.8, 4) is 0 Å². The normalized spacial score (nSPS) is 10.2. The number of amides is 1. The Kier molecular flexibility index (Phi) is 5.78. The van der Waals surface area contributed by atoms with Crippen LogP contribution in [-0.2, 0) is 16.1 Å². The van der Waals surface area contributed by atoms with E-state index in [1.54, 1.807) is 29.8 Å². The van der Waals surface area contributed by atoms with Crippen molar-refractivity contribution in [1.82, 2.24) is 9.88 Å². The molecule has 0 aliphatic carbocycles. The molecule has 6 nitrogen and oxygen atoms in total. The zero-order chi connectivity index (χ0) is 14.3. The van der Waals surface area contributed by atoms with E-state index in [4.69, 9.17) is 5.11 Å². The Morgan fingerprint density at radius 3 is 2.79 bits per heavy atom. The molecule has 1 aromatic rings. The van der Waals surface area contributed by atoms with Crippen molar-refractivity contribution in [1.29, 1.82) is 0 Å². The highest BCUT2D eigenvalue weighted by atomic mass is 16.4. The first-order valence-electron chi connectivity index (χ1n) is 6.15. The third-order valence-electron chi connectivity index (χ3n) is 2.67. The summed E-state index contributed by atoms with van der Waals surface area (Å²) < 4.78 is 1.57. The number of pyridine rings is 1. The number of hydrogen-bond donors (Lipinski definition) is 2. The van der Waals surface area contributed by atoms with Crippen LogP contribution < -0.4 is 10.9 Å². The summed E-state index contributed by atoms with van der Waals surface area (Å²) in [6.45, 7) is 2.36. The summed E-state index contributed by atoms with van der Waals surface area (Å²) in [7, 11) is 0. The molecule has 6 heteroatoms. The predicted octanol–water partition coefficient (Wildman–Crippen LogP) is 0.528. The molecule has 0 aromatic carbocycles. The third-order valence-corrected chi connectivity index (χ3v) is 2.67. The maximum Gasteiger partial charge on any atom is 0.305 e. The lowest BCUT2D eigenvalue weighted by Gasteiger charge is -2.06. The Bertz CT molecular complexity index is 508.